The molecule has 142 valence electrons. The fourth-order valence-electron chi connectivity index (χ4n) is 4.00. The van der Waals surface area contributed by atoms with Crippen LogP contribution in [0.3, 0.4) is 0 Å². The lowest BCUT2D eigenvalue weighted by molar-refractivity contribution is -0.137. The Morgan fingerprint density at radius 1 is 1.19 bits per heavy atom. The third-order valence-corrected chi connectivity index (χ3v) is 6.00. The maximum atomic E-state index is 13.4. The number of hydrogen-bond donors (Lipinski definition) is 1. The van der Waals surface area contributed by atoms with Gasteiger partial charge in [-0.15, -0.1) is 11.3 Å². The van der Waals surface area contributed by atoms with Crippen LogP contribution < -0.4 is 10.2 Å². The number of hydrogen-bond acceptors (Lipinski definition) is 6. The summed E-state index contributed by atoms with van der Waals surface area (Å²) in [5.41, 5.74) is 0.173. The molecule has 2 fully saturated rings. The Hall–Kier alpha value is -2.13. The van der Waals surface area contributed by atoms with Crippen molar-refractivity contribution in [1.29, 1.82) is 0 Å². The SMILES string of the molecule is FC(F)(F)c1cc(-c2nccs2)c2oc(N3CC4CCCC(C3)N4)nc2c1. The summed E-state index contributed by atoms with van der Waals surface area (Å²) in [5, 5.41) is 5.80. The molecule has 4 heterocycles. The second-order valence-corrected chi connectivity index (χ2v) is 7.99. The van der Waals surface area contributed by atoms with E-state index in [0.717, 1.165) is 38.1 Å². The van der Waals surface area contributed by atoms with Crippen molar-refractivity contribution in [2.45, 2.75) is 37.5 Å². The number of nitrogens with one attached hydrogen (secondary N) is 1. The van der Waals surface area contributed by atoms with E-state index in [1.807, 2.05) is 4.90 Å². The highest BCUT2D eigenvalue weighted by Gasteiger charge is 2.35. The zero-order chi connectivity index (χ0) is 18.6. The van der Waals surface area contributed by atoms with Gasteiger partial charge in [0.15, 0.2) is 5.58 Å². The van der Waals surface area contributed by atoms with Crippen molar-refractivity contribution in [2.75, 3.05) is 18.0 Å². The number of nitrogens with zero attached hydrogens (tertiary/aromatic N) is 3. The van der Waals surface area contributed by atoms with Gasteiger partial charge in [-0.3, -0.25) is 0 Å². The third-order valence-electron chi connectivity index (χ3n) is 5.20. The number of halogens is 3. The van der Waals surface area contributed by atoms with Gasteiger partial charge in [-0.1, -0.05) is 6.42 Å². The van der Waals surface area contributed by atoms with Gasteiger partial charge in [-0.05, 0) is 25.0 Å². The predicted octanol–water partition coefficient (Wildman–Crippen LogP) is 4.30. The van der Waals surface area contributed by atoms with Crippen LogP contribution in [0.25, 0.3) is 21.7 Å². The van der Waals surface area contributed by atoms with Gasteiger partial charge in [0.05, 0.1) is 11.1 Å². The molecule has 0 saturated carbocycles. The molecule has 5 rings (SSSR count). The summed E-state index contributed by atoms with van der Waals surface area (Å²) in [5.74, 6) is 0. The highest BCUT2D eigenvalue weighted by molar-refractivity contribution is 7.13. The molecule has 1 N–H and O–H groups in total. The molecule has 2 atom stereocenters. The Morgan fingerprint density at radius 2 is 1.96 bits per heavy atom. The number of piperidine rings is 1. The molecule has 9 heteroatoms. The van der Waals surface area contributed by atoms with Gasteiger partial charge in [-0.2, -0.15) is 18.2 Å². The van der Waals surface area contributed by atoms with Crippen molar-refractivity contribution in [3.05, 3.63) is 29.3 Å². The smallest absolute Gasteiger partial charge is 0.416 e. The fraction of sp³-hybridized carbons (Fsp3) is 0.444. The number of aromatic nitrogens is 2. The monoisotopic (exact) mass is 394 g/mol. The molecule has 5 nitrogen and oxygen atoms in total. The predicted molar refractivity (Wildman–Crippen MR) is 96.9 cm³/mol. The first kappa shape index (κ1) is 17.0. The van der Waals surface area contributed by atoms with Gasteiger partial charge < -0.3 is 14.6 Å². The van der Waals surface area contributed by atoms with E-state index in [1.54, 1.807) is 11.6 Å². The molecule has 0 spiro atoms. The molecule has 0 aliphatic carbocycles. The van der Waals surface area contributed by atoms with Crippen LogP contribution in [-0.2, 0) is 6.18 Å². The van der Waals surface area contributed by atoms with E-state index < -0.39 is 11.7 Å². The summed E-state index contributed by atoms with van der Waals surface area (Å²) in [4.78, 5) is 10.6. The highest BCUT2D eigenvalue weighted by Crippen LogP contribution is 2.39. The number of thiazole rings is 1. The van der Waals surface area contributed by atoms with E-state index >= 15 is 0 Å². The van der Waals surface area contributed by atoms with Crippen LogP contribution in [0.5, 0.6) is 0 Å². The molecule has 2 aliphatic rings. The molecular weight excluding hydrogens is 377 g/mol. The van der Waals surface area contributed by atoms with Crippen molar-refractivity contribution in [1.82, 2.24) is 15.3 Å². The molecule has 2 aromatic heterocycles. The number of benzene rings is 1. The largest absolute Gasteiger partial charge is 0.423 e. The molecule has 1 aromatic carbocycles. The van der Waals surface area contributed by atoms with Crippen LogP contribution >= 0.6 is 11.3 Å². The van der Waals surface area contributed by atoms with Crippen LogP contribution in [0.2, 0.25) is 0 Å². The summed E-state index contributed by atoms with van der Waals surface area (Å²) >= 11 is 1.28. The Balaban J connectivity index is 1.61. The van der Waals surface area contributed by atoms with Gasteiger partial charge in [0.1, 0.15) is 10.5 Å². The summed E-state index contributed by atoms with van der Waals surface area (Å²) in [6.45, 7) is 1.50. The van der Waals surface area contributed by atoms with Crippen LogP contribution in [0.1, 0.15) is 24.8 Å². The van der Waals surface area contributed by atoms with E-state index in [2.05, 4.69) is 15.3 Å². The van der Waals surface area contributed by atoms with Crippen LogP contribution in [0, 0.1) is 0 Å². The third kappa shape index (κ3) is 3.08. The lowest BCUT2D eigenvalue weighted by atomic mass is 9.94. The summed E-state index contributed by atoms with van der Waals surface area (Å²) < 4.78 is 46.1. The Bertz CT molecular complexity index is 957. The number of rotatable bonds is 2. The first-order valence-corrected chi connectivity index (χ1v) is 9.78. The van der Waals surface area contributed by atoms with Crippen molar-refractivity contribution in [2.24, 2.45) is 0 Å². The van der Waals surface area contributed by atoms with E-state index in [9.17, 15) is 13.2 Å². The van der Waals surface area contributed by atoms with Gasteiger partial charge in [-0.25, -0.2) is 4.98 Å². The van der Waals surface area contributed by atoms with Gasteiger partial charge in [0, 0.05) is 36.8 Å². The summed E-state index contributed by atoms with van der Waals surface area (Å²) in [6.07, 6.45) is 0.505. The fourth-order valence-corrected chi connectivity index (χ4v) is 4.65. The average Bonchev–Trinajstić information content (AvgIpc) is 3.29. The lowest BCUT2D eigenvalue weighted by Crippen LogP contribution is -2.58. The molecular formula is C18H17F3N4OS. The maximum Gasteiger partial charge on any atom is 0.416 e. The first-order chi connectivity index (χ1) is 13.0. The molecule has 27 heavy (non-hydrogen) atoms. The van der Waals surface area contributed by atoms with Gasteiger partial charge in [0.2, 0.25) is 0 Å². The molecule has 2 bridgehead atoms. The Labute approximate surface area is 157 Å². The average molecular weight is 394 g/mol. The Morgan fingerprint density at radius 3 is 2.63 bits per heavy atom. The van der Waals surface area contributed by atoms with Crippen molar-refractivity contribution in [3.63, 3.8) is 0 Å². The Kier molecular flexibility index (Phi) is 3.90. The standard InChI is InChI=1S/C18H17F3N4OS/c19-18(20,21)10-6-13(16-22-4-5-27-16)15-14(7-10)24-17(26-15)25-8-11-2-1-3-12(9-25)23-11/h4-7,11-12,23H,1-3,8-9H2. The van der Waals surface area contributed by atoms with E-state index in [-0.39, 0.29) is 5.52 Å². The molecule has 3 aromatic rings. The normalized spacial score (nSPS) is 23.1. The van der Waals surface area contributed by atoms with Crippen LogP contribution in [-0.4, -0.2) is 35.1 Å². The summed E-state index contributed by atoms with van der Waals surface area (Å²) in [6, 6.07) is 3.29. The molecule has 2 aliphatic heterocycles. The number of anilines is 1. The first-order valence-electron chi connectivity index (χ1n) is 8.90. The molecule has 2 unspecified atom stereocenters. The van der Waals surface area contributed by atoms with E-state index in [4.69, 9.17) is 4.42 Å². The second kappa shape index (κ2) is 6.20. The van der Waals surface area contributed by atoms with Gasteiger partial charge >= 0.3 is 6.18 Å². The minimum atomic E-state index is -4.45. The van der Waals surface area contributed by atoms with Crippen molar-refractivity contribution >= 4 is 28.5 Å². The minimum Gasteiger partial charge on any atom is -0.423 e. The second-order valence-electron chi connectivity index (χ2n) is 7.10. The topological polar surface area (TPSA) is 54.2 Å². The molecule has 0 radical (unpaired) electrons. The number of piperazine rings is 1. The minimum absolute atomic E-state index is 0.216. The molecule has 0 amide bonds. The van der Waals surface area contributed by atoms with Gasteiger partial charge in [0.25, 0.3) is 6.01 Å². The van der Waals surface area contributed by atoms with E-state index in [0.29, 0.717) is 34.3 Å². The van der Waals surface area contributed by atoms with Crippen LogP contribution in [0.15, 0.2) is 28.1 Å². The van der Waals surface area contributed by atoms with Crippen molar-refractivity contribution < 1.29 is 17.6 Å². The number of oxazole rings is 1. The van der Waals surface area contributed by atoms with Crippen LogP contribution in [0.4, 0.5) is 19.2 Å². The maximum absolute atomic E-state index is 13.4. The molecule has 2 saturated heterocycles. The number of fused-ring (bicyclic) bond motifs is 3. The highest BCUT2D eigenvalue weighted by atomic mass is 32.1. The quantitative estimate of drug-likeness (QED) is 0.702. The zero-order valence-electron chi connectivity index (χ0n) is 14.3. The summed E-state index contributed by atoms with van der Waals surface area (Å²) in [7, 11) is 0. The van der Waals surface area contributed by atoms with Crippen molar-refractivity contribution in [3.8, 4) is 10.6 Å². The van der Waals surface area contributed by atoms with E-state index in [1.165, 1.54) is 17.8 Å². The zero-order valence-corrected chi connectivity index (χ0v) is 15.1. The number of alkyl halides is 3. The lowest BCUT2D eigenvalue weighted by Gasteiger charge is -2.41.